The van der Waals surface area contributed by atoms with Crippen molar-refractivity contribution in [2.45, 2.75) is 42.1 Å². The topological polar surface area (TPSA) is 83.4 Å². The third-order valence-corrected chi connectivity index (χ3v) is 7.33. The first-order valence-electron chi connectivity index (χ1n) is 8.62. The Labute approximate surface area is 179 Å². The van der Waals surface area contributed by atoms with Gasteiger partial charge in [-0.1, -0.05) is 23.2 Å². The van der Waals surface area contributed by atoms with Gasteiger partial charge in [0, 0.05) is 18.9 Å². The summed E-state index contributed by atoms with van der Waals surface area (Å²) in [7, 11) is -3.28. The number of anilines is 1. The molecule has 1 atom stereocenters. The highest BCUT2D eigenvalue weighted by atomic mass is 35.5. The van der Waals surface area contributed by atoms with Crippen molar-refractivity contribution in [1.82, 2.24) is 9.29 Å². The first kappa shape index (κ1) is 23.1. The smallest absolute Gasteiger partial charge is 0.368 e. The van der Waals surface area contributed by atoms with E-state index in [4.69, 9.17) is 23.2 Å². The van der Waals surface area contributed by atoms with Crippen molar-refractivity contribution in [3.05, 3.63) is 46.0 Å². The molecule has 30 heavy (non-hydrogen) atoms. The van der Waals surface area contributed by atoms with Crippen molar-refractivity contribution in [3.8, 4) is 0 Å². The van der Waals surface area contributed by atoms with Crippen molar-refractivity contribution in [2.75, 3.05) is 5.32 Å². The van der Waals surface area contributed by atoms with Gasteiger partial charge >= 0.3 is 6.18 Å². The number of hydrogen-bond donors (Lipinski definition) is 3. The summed E-state index contributed by atoms with van der Waals surface area (Å²) in [6.45, 7) is 0. The molecule has 1 aromatic carbocycles. The Morgan fingerprint density at radius 2 is 1.90 bits per heavy atom. The van der Waals surface area contributed by atoms with E-state index in [9.17, 15) is 31.1 Å². The van der Waals surface area contributed by atoms with Crippen molar-refractivity contribution < 1.29 is 31.1 Å². The monoisotopic (exact) mass is 489 g/mol. The number of aliphatic hydroxyl groups excluding tert-OH is 1. The zero-order valence-electron chi connectivity index (χ0n) is 15.4. The second-order valence-electron chi connectivity index (χ2n) is 7.02. The van der Waals surface area contributed by atoms with Crippen LogP contribution in [0.4, 0.5) is 23.2 Å². The zero-order valence-corrected chi connectivity index (χ0v) is 17.7. The number of alkyl halides is 3. The Morgan fingerprint density at radius 1 is 1.27 bits per heavy atom. The normalized spacial score (nSPS) is 17.5. The molecule has 0 spiro atoms. The van der Waals surface area contributed by atoms with Gasteiger partial charge in [-0.2, -0.15) is 17.9 Å². The summed E-state index contributed by atoms with van der Waals surface area (Å²) in [5.41, 5.74) is -2.45. The molecule has 6 nitrogen and oxygen atoms in total. The molecule has 1 heterocycles. The molecule has 0 bridgehead atoms. The Bertz CT molecular complexity index is 1070. The summed E-state index contributed by atoms with van der Waals surface area (Å²) >= 11 is 11.8. The minimum Gasteiger partial charge on any atom is -0.368 e. The molecule has 2 aromatic rings. The van der Waals surface area contributed by atoms with Crippen LogP contribution in [-0.4, -0.2) is 29.8 Å². The molecule has 0 amide bonds. The van der Waals surface area contributed by atoms with Crippen LogP contribution in [0.5, 0.6) is 0 Å². The van der Waals surface area contributed by atoms with Crippen LogP contribution in [0.15, 0.2) is 29.3 Å². The lowest BCUT2D eigenvalue weighted by Crippen LogP contribution is -2.62. The van der Waals surface area contributed by atoms with E-state index in [2.05, 4.69) is 5.32 Å². The summed E-state index contributed by atoms with van der Waals surface area (Å²) in [5.74, 6) is -0.678. The number of benzene rings is 1. The zero-order chi connectivity index (χ0) is 22.5. The minimum absolute atomic E-state index is 0.118. The molecule has 3 N–H and O–H groups in total. The lowest BCUT2D eigenvalue weighted by Gasteiger charge is -2.43. The minimum atomic E-state index is -4.76. The molecule has 166 valence electrons. The van der Waals surface area contributed by atoms with Gasteiger partial charge in [0.05, 0.1) is 15.7 Å². The van der Waals surface area contributed by atoms with Gasteiger partial charge in [0.15, 0.2) is 6.23 Å². The molecular formula is C17H17Cl2F4N3O3S. The quantitative estimate of drug-likeness (QED) is 0.416. The van der Waals surface area contributed by atoms with Crippen molar-refractivity contribution in [3.63, 3.8) is 0 Å². The summed E-state index contributed by atoms with van der Waals surface area (Å²) in [6.07, 6.45) is -5.83. The van der Waals surface area contributed by atoms with Gasteiger partial charge in [-0.05, 0) is 37.5 Å². The van der Waals surface area contributed by atoms with Gasteiger partial charge < -0.3 is 15.0 Å². The van der Waals surface area contributed by atoms with Crippen LogP contribution in [0.3, 0.4) is 0 Å². The number of aliphatic hydroxyl groups is 1. The van der Waals surface area contributed by atoms with E-state index >= 15 is 0 Å². The molecule has 0 aliphatic heterocycles. The maximum Gasteiger partial charge on any atom is 0.407 e. The van der Waals surface area contributed by atoms with Gasteiger partial charge in [-0.3, -0.25) is 0 Å². The molecule has 1 aliphatic rings. The van der Waals surface area contributed by atoms with E-state index in [0.717, 1.165) is 12.3 Å². The fourth-order valence-corrected chi connectivity index (χ4v) is 5.53. The Balaban J connectivity index is 1.90. The van der Waals surface area contributed by atoms with Crippen LogP contribution in [0.1, 0.15) is 31.2 Å². The molecule has 1 saturated carbocycles. The molecule has 3 rings (SSSR count). The summed E-state index contributed by atoms with van der Waals surface area (Å²) in [6, 6.07) is 3.53. The van der Waals surface area contributed by atoms with E-state index in [1.807, 2.05) is 0 Å². The highest BCUT2D eigenvalue weighted by molar-refractivity contribution is 7.89. The van der Waals surface area contributed by atoms with E-state index in [1.165, 1.54) is 23.7 Å². The average Bonchev–Trinajstić information content (AvgIpc) is 2.89. The number of halogens is 6. The largest absolute Gasteiger partial charge is 0.407 e. The van der Waals surface area contributed by atoms with Crippen molar-refractivity contribution in [2.24, 2.45) is 7.05 Å². The first-order chi connectivity index (χ1) is 13.8. The standard InChI is InChI=1S/C17H17Cl2F4N3O3S/c1-26-8-12(30(28,29)25-16(5-2-6-16)17(21,22)23)13(19)14(26)15(27)24-9-3-4-11(20)10(18)7-9/h3-4,7-8,15,24-25,27H,2,5-6H2,1H3. The number of aromatic nitrogens is 1. The third-order valence-electron chi connectivity index (χ3n) is 4.98. The molecular weight excluding hydrogens is 473 g/mol. The molecule has 0 radical (unpaired) electrons. The van der Waals surface area contributed by atoms with Gasteiger partial charge in [-0.15, -0.1) is 0 Å². The number of nitrogens with one attached hydrogen (secondary N) is 2. The number of nitrogens with zero attached hydrogens (tertiary/aromatic N) is 1. The lowest BCUT2D eigenvalue weighted by molar-refractivity contribution is -0.212. The number of aryl methyl sites for hydroxylation is 1. The van der Waals surface area contributed by atoms with Gasteiger partial charge in [0.1, 0.15) is 16.3 Å². The van der Waals surface area contributed by atoms with Crippen LogP contribution in [-0.2, 0) is 17.1 Å². The lowest BCUT2D eigenvalue weighted by atomic mass is 9.77. The van der Waals surface area contributed by atoms with Crippen LogP contribution in [0.25, 0.3) is 0 Å². The van der Waals surface area contributed by atoms with Crippen LogP contribution >= 0.6 is 23.2 Å². The third kappa shape index (κ3) is 4.13. The number of sulfonamides is 1. The van der Waals surface area contributed by atoms with E-state index < -0.39 is 43.7 Å². The van der Waals surface area contributed by atoms with Crippen molar-refractivity contribution in [1.29, 1.82) is 0 Å². The second-order valence-corrected chi connectivity index (χ2v) is 9.45. The van der Waals surface area contributed by atoms with Crippen LogP contribution < -0.4 is 10.0 Å². The van der Waals surface area contributed by atoms with Crippen LogP contribution in [0, 0.1) is 5.82 Å². The van der Waals surface area contributed by atoms with E-state index in [0.29, 0.717) is 0 Å². The number of rotatable bonds is 6. The molecule has 1 unspecified atom stereocenters. The van der Waals surface area contributed by atoms with E-state index in [1.54, 1.807) is 4.72 Å². The average molecular weight is 490 g/mol. The van der Waals surface area contributed by atoms with Gasteiger partial charge in [0.2, 0.25) is 10.0 Å². The predicted molar refractivity (Wildman–Crippen MR) is 103 cm³/mol. The summed E-state index contributed by atoms with van der Waals surface area (Å²) in [4.78, 5) is -0.602. The Kier molecular flexibility index (Phi) is 6.07. The van der Waals surface area contributed by atoms with Crippen LogP contribution in [0.2, 0.25) is 10.0 Å². The molecule has 1 aliphatic carbocycles. The van der Waals surface area contributed by atoms with Gasteiger partial charge in [0.25, 0.3) is 0 Å². The summed E-state index contributed by atoms with van der Waals surface area (Å²) < 4.78 is 81.6. The molecule has 0 saturated heterocycles. The predicted octanol–water partition coefficient (Wildman–Crippen LogP) is 4.34. The molecule has 1 fully saturated rings. The summed E-state index contributed by atoms with van der Waals surface area (Å²) in [5, 5.41) is 12.4. The highest BCUT2D eigenvalue weighted by Gasteiger charge is 2.60. The van der Waals surface area contributed by atoms with Crippen molar-refractivity contribution >= 4 is 38.9 Å². The Morgan fingerprint density at radius 3 is 2.40 bits per heavy atom. The van der Waals surface area contributed by atoms with E-state index in [-0.39, 0.29) is 35.7 Å². The molecule has 13 heteroatoms. The first-order valence-corrected chi connectivity index (χ1v) is 10.9. The van der Waals surface area contributed by atoms with Gasteiger partial charge in [-0.25, -0.2) is 12.8 Å². The number of hydrogen-bond acceptors (Lipinski definition) is 4. The highest BCUT2D eigenvalue weighted by Crippen LogP contribution is 2.46. The SMILES string of the molecule is Cn1cc(S(=O)(=O)NC2(C(F)(F)F)CCC2)c(Cl)c1C(O)Nc1ccc(F)c(Cl)c1. The molecule has 1 aromatic heterocycles. The fourth-order valence-electron chi connectivity index (χ4n) is 3.18. The Hall–Kier alpha value is -1.53. The second kappa shape index (κ2) is 7.86. The maximum absolute atomic E-state index is 13.4. The fraction of sp³-hybridized carbons (Fsp3) is 0.412. The maximum atomic E-state index is 13.4.